The van der Waals surface area contributed by atoms with E-state index in [4.69, 9.17) is 15.8 Å². The van der Waals surface area contributed by atoms with Crippen LogP contribution < -0.4 is 10.4 Å². The van der Waals surface area contributed by atoms with Gasteiger partial charge in [-0.3, -0.25) is 5.41 Å². The maximum atomic E-state index is 11.5. The lowest BCUT2D eigenvalue weighted by atomic mass is 9.77. The van der Waals surface area contributed by atoms with E-state index in [0.717, 1.165) is 5.56 Å². The Labute approximate surface area is 162 Å². The lowest BCUT2D eigenvalue weighted by Crippen LogP contribution is -2.40. The number of aryl methyl sites for hydroxylation is 1. The van der Waals surface area contributed by atoms with Gasteiger partial charge in [-0.25, -0.2) is 4.79 Å². The molecule has 26 heavy (non-hydrogen) atoms. The molecule has 0 saturated carbocycles. The molecule has 1 aliphatic heterocycles. The lowest BCUT2D eigenvalue weighted by Gasteiger charge is -2.27. The zero-order valence-corrected chi connectivity index (χ0v) is 16.1. The van der Waals surface area contributed by atoms with Crippen LogP contribution in [0.2, 0.25) is 0 Å². The molecule has 1 aliphatic rings. The molecule has 8 nitrogen and oxygen atoms in total. The molecular weight excluding hydrogens is 395 g/mol. The number of fused-ring (bicyclic) bond motifs is 1. The first-order valence-corrected chi connectivity index (χ1v) is 10.2. The highest BCUT2D eigenvalue weighted by molar-refractivity contribution is 8.04. The number of benzene rings is 1. The molecule has 0 radical (unpaired) electrons. The van der Waals surface area contributed by atoms with Crippen molar-refractivity contribution in [2.45, 2.75) is 27.2 Å². The van der Waals surface area contributed by atoms with Crippen molar-refractivity contribution in [1.29, 1.82) is 5.41 Å². The Hall–Kier alpha value is -1.76. The molecule has 2 aromatic rings. The van der Waals surface area contributed by atoms with E-state index < -0.39 is 13.1 Å². The highest BCUT2D eigenvalue weighted by Crippen LogP contribution is 2.39. The van der Waals surface area contributed by atoms with Gasteiger partial charge in [-0.15, -0.1) is 10.2 Å². The smallest absolute Gasteiger partial charge is 0.535 e. The summed E-state index contributed by atoms with van der Waals surface area (Å²) in [4.78, 5) is 11.5. The van der Waals surface area contributed by atoms with Crippen molar-refractivity contribution >= 4 is 53.8 Å². The minimum absolute atomic E-state index is 0.0663. The molecule has 3 rings (SSSR count). The second-order valence-electron chi connectivity index (χ2n) is 5.57. The van der Waals surface area contributed by atoms with Crippen LogP contribution in [0.4, 0.5) is 0 Å². The summed E-state index contributed by atoms with van der Waals surface area (Å²) in [6.07, 6.45) is 0.456. The molecule has 0 spiro atoms. The van der Waals surface area contributed by atoms with Crippen molar-refractivity contribution < 1.29 is 19.6 Å². The van der Waals surface area contributed by atoms with Crippen LogP contribution >= 0.6 is 34.9 Å². The van der Waals surface area contributed by atoms with Gasteiger partial charge in [0.2, 0.25) is 0 Å². The minimum Gasteiger partial charge on any atom is -0.535 e. The molecule has 1 aromatic heterocycles. The number of thioether (sulfide) groups is 2. The Morgan fingerprint density at radius 2 is 2.23 bits per heavy atom. The molecule has 0 amide bonds. The molecule has 0 fully saturated rings. The summed E-state index contributed by atoms with van der Waals surface area (Å²) in [5, 5.41) is 34.7. The number of hydrogen-bond acceptors (Lipinski definition) is 9. The molecule has 1 aromatic carbocycles. The van der Waals surface area contributed by atoms with E-state index in [1.807, 2.05) is 6.07 Å². The highest BCUT2D eigenvalue weighted by Gasteiger charge is 2.38. The summed E-state index contributed by atoms with van der Waals surface area (Å²) in [5.41, 5.74) is 6.74. The van der Waals surface area contributed by atoms with Crippen LogP contribution in [0.25, 0.3) is 0 Å². The predicted molar refractivity (Wildman–Crippen MR) is 103 cm³/mol. The SMILES string of the molecule is Cc1ccc2c(c1C(=O)O)OB(O)[C@@H](Sc1nnc(SCC(=N)N)s1)C2. The quantitative estimate of drug-likeness (QED) is 0.242. The van der Waals surface area contributed by atoms with Crippen LogP contribution in [0.5, 0.6) is 5.75 Å². The maximum absolute atomic E-state index is 11.5. The van der Waals surface area contributed by atoms with Crippen molar-refractivity contribution in [3.05, 3.63) is 28.8 Å². The van der Waals surface area contributed by atoms with Crippen LogP contribution in [0.1, 0.15) is 21.5 Å². The number of nitrogens with zero attached hydrogens (tertiary/aromatic N) is 2. The predicted octanol–water partition coefficient (Wildman–Crippen LogP) is 1.69. The average molecular weight is 410 g/mol. The van der Waals surface area contributed by atoms with Crippen molar-refractivity contribution in [3.63, 3.8) is 0 Å². The number of aromatic carboxylic acids is 1. The largest absolute Gasteiger partial charge is 0.537 e. The van der Waals surface area contributed by atoms with Gasteiger partial charge in [0, 0.05) is 0 Å². The maximum Gasteiger partial charge on any atom is 0.537 e. The van der Waals surface area contributed by atoms with Crippen molar-refractivity contribution in [3.8, 4) is 5.75 Å². The number of aromatic nitrogens is 2. The summed E-state index contributed by atoms with van der Waals surface area (Å²) in [6, 6.07) is 3.57. The summed E-state index contributed by atoms with van der Waals surface area (Å²) >= 11 is 4.02. The minimum atomic E-state index is -1.15. The summed E-state index contributed by atoms with van der Waals surface area (Å²) in [7, 11) is -1.15. The van der Waals surface area contributed by atoms with E-state index >= 15 is 0 Å². The van der Waals surface area contributed by atoms with Gasteiger partial charge >= 0.3 is 13.1 Å². The van der Waals surface area contributed by atoms with Gasteiger partial charge in [-0.05, 0) is 24.5 Å². The monoisotopic (exact) mass is 410 g/mol. The van der Waals surface area contributed by atoms with Crippen LogP contribution in [0.15, 0.2) is 20.8 Å². The fourth-order valence-electron chi connectivity index (χ4n) is 2.47. The first kappa shape index (κ1) is 19.0. The van der Waals surface area contributed by atoms with E-state index in [1.165, 1.54) is 34.9 Å². The van der Waals surface area contributed by atoms with E-state index in [9.17, 15) is 14.9 Å². The first-order chi connectivity index (χ1) is 12.3. The second kappa shape index (κ2) is 7.86. The number of nitrogens with two attached hydrogens (primary N) is 1. The van der Waals surface area contributed by atoms with Crippen LogP contribution in [-0.4, -0.2) is 50.2 Å². The van der Waals surface area contributed by atoms with E-state index in [-0.39, 0.29) is 22.3 Å². The molecule has 0 saturated heterocycles. The zero-order chi connectivity index (χ0) is 18.8. The number of carbonyl (C=O) groups is 1. The number of carboxylic acid groups (broad SMARTS) is 1. The fourth-order valence-corrected chi connectivity index (χ4v) is 5.55. The van der Waals surface area contributed by atoms with Crippen molar-refractivity contribution in [1.82, 2.24) is 10.2 Å². The van der Waals surface area contributed by atoms with Gasteiger partial charge in [0.05, 0.1) is 10.9 Å². The number of amidine groups is 1. The third-order valence-corrected chi connectivity index (χ3v) is 7.05. The van der Waals surface area contributed by atoms with Gasteiger partial charge in [0.15, 0.2) is 8.68 Å². The fraction of sp³-hybridized carbons (Fsp3) is 0.286. The number of hydrogen-bond donors (Lipinski definition) is 4. The third kappa shape index (κ3) is 4.14. The molecular formula is C14H15BN4O4S3. The van der Waals surface area contributed by atoms with E-state index in [1.54, 1.807) is 13.0 Å². The molecule has 136 valence electrons. The van der Waals surface area contributed by atoms with Crippen LogP contribution in [0, 0.1) is 12.3 Å². The summed E-state index contributed by atoms with van der Waals surface area (Å²) in [6.45, 7) is 1.70. The van der Waals surface area contributed by atoms with Gasteiger partial charge < -0.3 is 20.5 Å². The van der Waals surface area contributed by atoms with Gasteiger partial charge in [-0.1, -0.05) is 47.0 Å². The molecule has 12 heteroatoms. The van der Waals surface area contributed by atoms with Gasteiger partial charge in [-0.2, -0.15) is 0 Å². The number of nitrogens with one attached hydrogen (secondary N) is 1. The van der Waals surface area contributed by atoms with Gasteiger partial charge in [0.1, 0.15) is 17.1 Å². The molecule has 5 N–H and O–H groups in total. The van der Waals surface area contributed by atoms with Crippen LogP contribution in [0.3, 0.4) is 0 Å². The molecule has 2 heterocycles. The lowest BCUT2D eigenvalue weighted by molar-refractivity contribution is 0.0693. The van der Waals surface area contributed by atoms with E-state index in [2.05, 4.69) is 10.2 Å². The number of rotatable bonds is 6. The van der Waals surface area contributed by atoms with Crippen molar-refractivity contribution in [2.75, 3.05) is 5.75 Å². The third-order valence-electron chi connectivity index (χ3n) is 3.63. The summed E-state index contributed by atoms with van der Waals surface area (Å²) < 4.78 is 6.89. The zero-order valence-electron chi connectivity index (χ0n) is 13.6. The normalized spacial score (nSPS) is 16.1. The highest BCUT2D eigenvalue weighted by atomic mass is 32.2. The Balaban J connectivity index is 1.75. The summed E-state index contributed by atoms with van der Waals surface area (Å²) in [5.74, 6) is -0.429. The molecule has 0 unspecified atom stereocenters. The Bertz CT molecular complexity index is 863. The van der Waals surface area contributed by atoms with Gasteiger partial charge in [0.25, 0.3) is 0 Å². The van der Waals surface area contributed by atoms with E-state index in [0.29, 0.717) is 26.4 Å². The van der Waals surface area contributed by atoms with Crippen LogP contribution in [-0.2, 0) is 6.42 Å². The molecule has 1 atom stereocenters. The standard InChI is InChI=1S/C14H15BN4O4S3/c1-6-2-3-7-4-8(15(22)23-11(7)10(6)12(20)21)25-14-19-18-13(26-14)24-5-9(16)17/h2-3,8,22H,4-5H2,1H3,(H3,16,17)(H,20,21)/t8-/m0/s1. The molecule has 0 bridgehead atoms. The topological polar surface area (TPSA) is 142 Å². The average Bonchev–Trinajstić information content (AvgIpc) is 3.01. The Morgan fingerprint density at radius 3 is 2.92 bits per heavy atom. The van der Waals surface area contributed by atoms with Crippen molar-refractivity contribution in [2.24, 2.45) is 5.73 Å². The molecule has 0 aliphatic carbocycles. The first-order valence-electron chi connectivity index (χ1n) is 7.51. The Morgan fingerprint density at radius 1 is 1.50 bits per heavy atom. The Kier molecular flexibility index (Phi) is 5.75. The number of carboxylic acids is 1. The second-order valence-corrected chi connectivity index (χ2v) is 9.25.